The lowest BCUT2D eigenvalue weighted by molar-refractivity contribution is -0.137. The van der Waals surface area contributed by atoms with Gasteiger partial charge in [0.1, 0.15) is 0 Å². The first-order valence-corrected chi connectivity index (χ1v) is 9.04. The van der Waals surface area contributed by atoms with E-state index in [4.69, 9.17) is 0 Å². The quantitative estimate of drug-likeness (QED) is 0.836. The number of aryl methyl sites for hydroxylation is 3. The Hall–Kier alpha value is -1.84. The van der Waals surface area contributed by atoms with Crippen molar-refractivity contribution in [3.8, 4) is 0 Å². The molecule has 0 aliphatic carbocycles. The van der Waals surface area contributed by atoms with Crippen LogP contribution in [0.2, 0.25) is 0 Å². The normalized spacial score (nSPS) is 24.6. The van der Waals surface area contributed by atoms with Gasteiger partial charge in [0, 0.05) is 31.7 Å². The fraction of sp³-hybridized carbons (Fsp3) is 0.600. The van der Waals surface area contributed by atoms with Crippen molar-refractivity contribution in [2.45, 2.75) is 47.0 Å². The summed E-state index contributed by atoms with van der Waals surface area (Å²) in [5, 5.41) is 0. The minimum absolute atomic E-state index is 0.0773. The molecular formula is C20H28N2O2. The molecule has 0 saturated carbocycles. The van der Waals surface area contributed by atoms with Crippen LogP contribution in [0.15, 0.2) is 12.1 Å². The van der Waals surface area contributed by atoms with E-state index >= 15 is 0 Å². The van der Waals surface area contributed by atoms with E-state index in [2.05, 4.69) is 26.0 Å². The average molecular weight is 328 g/mol. The van der Waals surface area contributed by atoms with E-state index < -0.39 is 0 Å². The number of benzene rings is 1. The number of hydrogen-bond donors (Lipinski definition) is 0. The van der Waals surface area contributed by atoms with Gasteiger partial charge in [-0.3, -0.25) is 9.59 Å². The minimum atomic E-state index is -0.192. The molecule has 1 aromatic carbocycles. The predicted octanol–water partition coefficient (Wildman–Crippen LogP) is 3.22. The van der Waals surface area contributed by atoms with Crippen molar-refractivity contribution in [3.63, 3.8) is 0 Å². The second-order valence-corrected chi connectivity index (χ2v) is 7.68. The van der Waals surface area contributed by atoms with Crippen molar-refractivity contribution in [3.05, 3.63) is 28.8 Å². The maximum atomic E-state index is 12.8. The van der Waals surface area contributed by atoms with Crippen LogP contribution < -0.4 is 4.90 Å². The molecule has 0 radical (unpaired) electrons. The number of nitrogens with zero attached hydrogens (tertiary/aromatic N) is 2. The Morgan fingerprint density at radius 2 is 1.79 bits per heavy atom. The van der Waals surface area contributed by atoms with Crippen LogP contribution in [0.4, 0.5) is 5.69 Å². The number of amides is 2. The van der Waals surface area contributed by atoms with Crippen LogP contribution in [0.3, 0.4) is 0 Å². The molecule has 2 saturated heterocycles. The third-order valence-corrected chi connectivity index (χ3v) is 5.35. The average Bonchev–Trinajstić information content (AvgIpc) is 2.87. The van der Waals surface area contributed by atoms with Crippen LogP contribution in [0, 0.1) is 32.6 Å². The Labute approximate surface area is 144 Å². The van der Waals surface area contributed by atoms with Gasteiger partial charge in [-0.2, -0.15) is 0 Å². The fourth-order valence-corrected chi connectivity index (χ4v) is 4.34. The molecule has 2 unspecified atom stereocenters. The molecule has 24 heavy (non-hydrogen) atoms. The molecule has 2 aliphatic rings. The smallest absolute Gasteiger partial charge is 0.228 e. The summed E-state index contributed by atoms with van der Waals surface area (Å²) in [4.78, 5) is 29.2. The lowest BCUT2D eigenvalue weighted by atomic mass is 9.98. The van der Waals surface area contributed by atoms with Gasteiger partial charge in [-0.1, -0.05) is 24.6 Å². The minimum Gasteiger partial charge on any atom is -0.342 e. The second kappa shape index (κ2) is 6.58. The lowest BCUT2D eigenvalue weighted by Gasteiger charge is -2.32. The summed E-state index contributed by atoms with van der Waals surface area (Å²) in [6, 6.07) is 4.22. The van der Waals surface area contributed by atoms with E-state index in [0.29, 0.717) is 18.9 Å². The zero-order chi connectivity index (χ0) is 17.4. The first kappa shape index (κ1) is 17.0. The number of likely N-dealkylation sites (tertiary alicyclic amines) is 1. The van der Waals surface area contributed by atoms with Crippen LogP contribution in [0.5, 0.6) is 0 Å². The van der Waals surface area contributed by atoms with Crippen molar-refractivity contribution in [1.29, 1.82) is 0 Å². The fourth-order valence-electron chi connectivity index (χ4n) is 4.34. The van der Waals surface area contributed by atoms with Crippen LogP contribution in [0.25, 0.3) is 0 Å². The zero-order valence-electron chi connectivity index (χ0n) is 15.3. The Kier molecular flexibility index (Phi) is 4.66. The molecule has 0 spiro atoms. The Morgan fingerprint density at radius 1 is 1.12 bits per heavy atom. The second-order valence-electron chi connectivity index (χ2n) is 7.68. The highest BCUT2D eigenvalue weighted by atomic mass is 16.2. The first-order chi connectivity index (χ1) is 11.4. The lowest BCUT2D eigenvalue weighted by Crippen LogP contribution is -2.43. The summed E-state index contributed by atoms with van der Waals surface area (Å²) in [6.07, 6.45) is 2.62. The molecular weight excluding hydrogens is 300 g/mol. The number of carbonyl (C=O) groups is 2. The maximum absolute atomic E-state index is 12.8. The molecule has 4 heteroatoms. The Balaban J connectivity index is 1.78. The molecule has 0 N–H and O–H groups in total. The van der Waals surface area contributed by atoms with Gasteiger partial charge in [-0.05, 0) is 50.7 Å². The molecule has 2 heterocycles. The third-order valence-electron chi connectivity index (χ3n) is 5.35. The van der Waals surface area contributed by atoms with Gasteiger partial charge in [-0.25, -0.2) is 0 Å². The number of hydrogen-bond acceptors (Lipinski definition) is 2. The summed E-state index contributed by atoms with van der Waals surface area (Å²) >= 11 is 0. The molecule has 1 aromatic rings. The molecule has 2 amide bonds. The summed E-state index contributed by atoms with van der Waals surface area (Å²) in [5.41, 5.74) is 4.42. The first-order valence-electron chi connectivity index (χ1n) is 9.04. The molecule has 2 atom stereocenters. The predicted molar refractivity (Wildman–Crippen MR) is 96.1 cm³/mol. The number of carbonyl (C=O) groups excluding carboxylic acids is 2. The van der Waals surface area contributed by atoms with Crippen LogP contribution >= 0.6 is 0 Å². The van der Waals surface area contributed by atoms with E-state index in [1.165, 1.54) is 12.0 Å². The van der Waals surface area contributed by atoms with E-state index in [1.807, 2.05) is 23.6 Å². The van der Waals surface area contributed by atoms with E-state index in [9.17, 15) is 9.59 Å². The largest absolute Gasteiger partial charge is 0.342 e. The topological polar surface area (TPSA) is 40.6 Å². The van der Waals surface area contributed by atoms with E-state index in [1.54, 1.807) is 0 Å². The van der Waals surface area contributed by atoms with Crippen LogP contribution in [-0.2, 0) is 9.59 Å². The SMILES string of the molecule is Cc1cc(C)c(N2CC(C(=O)N3CCCC(C)C3)CC2=O)c(C)c1. The summed E-state index contributed by atoms with van der Waals surface area (Å²) in [7, 11) is 0. The summed E-state index contributed by atoms with van der Waals surface area (Å²) in [6.45, 7) is 10.6. The number of anilines is 1. The summed E-state index contributed by atoms with van der Waals surface area (Å²) in [5.74, 6) is 0.619. The number of rotatable bonds is 2. The van der Waals surface area contributed by atoms with E-state index in [-0.39, 0.29) is 17.7 Å². The third kappa shape index (κ3) is 3.19. The molecule has 2 aliphatic heterocycles. The van der Waals surface area contributed by atoms with E-state index in [0.717, 1.165) is 36.3 Å². The Bertz CT molecular complexity index is 645. The standard InChI is InChI=1S/C20H28N2O2/c1-13-6-5-7-21(11-13)20(24)17-10-18(23)22(12-17)19-15(3)8-14(2)9-16(19)4/h8-9,13,17H,5-7,10-12H2,1-4H3. The van der Waals surface area contributed by atoms with Gasteiger partial charge in [0.2, 0.25) is 11.8 Å². The highest BCUT2D eigenvalue weighted by molar-refractivity contribution is 6.01. The van der Waals surface area contributed by atoms with Crippen molar-refractivity contribution < 1.29 is 9.59 Å². The van der Waals surface area contributed by atoms with Gasteiger partial charge >= 0.3 is 0 Å². The molecule has 4 nitrogen and oxygen atoms in total. The molecule has 2 fully saturated rings. The Morgan fingerprint density at radius 3 is 2.42 bits per heavy atom. The van der Waals surface area contributed by atoms with Gasteiger partial charge in [0.15, 0.2) is 0 Å². The molecule has 130 valence electrons. The summed E-state index contributed by atoms with van der Waals surface area (Å²) < 4.78 is 0. The highest BCUT2D eigenvalue weighted by Crippen LogP contribution is 2.33. The van der Waals surface area contributed by atoms with Gasteiger partial charge in [0.25, 0.3) is 0 Å². The number of piperidine rings is 1. The highest BCUT2D eigenvalue weighted by Gasteiger charge is 2.38. The van der Waals surface area contributed by atoms with Crippen LogP contribution in [-0.4, -0.2) is 36.3 Å². The van der Waals surface area contributed by atoms with Gasteiger partial charge in [-0.15, -0.1) is 0 Å². The van der Waals surface area contributed by atoms with Crippen LogP contribution in [0.1, 0.15) is 42.9 Å². The van der Waals surface area contributed by atoms with Crippen molar-refractivity contribution >= 4 is 17.5 Å². The van der Waals surface area contributed by atoms with Gasteiger partial charge in [0.05, 0.1) is 5.92 Å². The molecule has 0 aromatic heterocycles. The molecule has 3 rings (SSSR count). The zero-order valence-corrected chi connectivity index (χ0v) is 15.3. The van der Waals surface area contributed by atoms with Crippen molar-refractivity contribution in [2.24, 2.45) is 11.8 Å². The van der Waals surface area contributed by atoms with Crippen molar-refractivity contribution in [2.75, 3.05) is 24.5 Å². The molecule has 0 bridgehead atoms. The monoisotopic (exact) mass is 328 g/mol. The van der Waals surface area contributed by atoms with Crippen molar-refractivity contribution in [1.82, 2.24) is 4.90 Å². The maximum Gasteiger partial charge on any atom is 0.228 e. The van der Waals surface area contributed by atoms with Gasteiger partial charge < -0.3 is 9.80 Å².